The summed E-state index contributed by atoms with van der Waals surface area (Å²) in [6.07, 6.45) is 5.91. The largest absolute Gasteiger partial charge is 0.999 e. The van der Waals surface area contributed by atoms with Crippen molar-refractivity contribution in [3.8, 4) is 0 Å². The van der Waals surface area contributed by atoms with Crippen molar-refractivity contribution >= 4 is 12.6 Å². The van der Waals surface area contributed by atoms with Gasteiger partial charge in [-0.3, -0.25) is 12.6 Å². The smallest absolute Gasteiger partial charge is 0 e. The van der Waals surface area contributed by atoms with Gasteiger partial charge in [-0.05, 0) is 0 Å². The minimum atomic E-state index is 0. The molecule has 2 rings (SSSR count). The van der Waals surface area contributed by atoms with E-state index in [1.54, 1.807) is 18.6 Å². The van der Waals surface area contributed by atoms with Gasteiger partial charge < -0.3 is 39.9 Å². The second kappa shape index (κ2) is 73.4. The topological polar surface area (TPSA) is 114 Å². The first-order valence-corrected chi connectivity index (χ1v) is 6.43. The van der Waals surface area contributed by atoms with Gasteiger partial charge in [0, 0.05) is 34.1 Å². The molecule has 0 aliphatic heterocycles. The van der Waals surface area contributed by atoms with Gasteiger partial charge in [-0.15, -0.1) is 0 Å². The van der Waals surface area contributed by atoms with E-state index >= 15 is 0 Å². The molecule has 0 aliphatic carbocycles. The molecule has 0 aliphatic rings. The summed E-state index contributed by atoms with van der Waals surface area (Å²) in [4.78, 5) is 19.1. The van der Waals surface area contributed by atoms with Crippen LogP contribution in [0.2, 0.25) is 0 Å². The van der Waals surface area contributed by atoms with E-state index in [-0.39, 0.29) is 34.1 Å². The fourth-order valence-corrected chi connectivity index (χ4v) is 0.896. The zero-order valence-electron chi connectivity index (χ0n) is 14.4. The van der Waals surface area contributed by atoms with Crippen molar-refractivity contribution in [1.82, 2.24) is 0 Å². The molecule has 0 radical (unpaired) electrons. The molecule has 6 nitrogen and oxygen atoms in total. The Morgan fingerprint density at radius 1 is 0.714 bits per heavy atom. The van der Waals surface area contributed by atoms with E-state index in [0.717, 1.165) is 12.8 Å². The molecule has 2 aromatic rings. The third kappa shape index (κ3) is 75.1. The molecule has 0 saturated carbocycles. The van der Waals surface area contributed by atoms with E-state index < -0.39 is 0 Å². The minimum absolute atomic E-state index is 0. The van der Waals surface area contributed by atoms with Crippen LogP contribution < -0.4 is 0 Å². The first kappa shape index (κ1) is 45.0. The van der Waals surface area contributed by atoms with Gasteiger partial charge >= 0.3 is 45.2 Å². The first-order chi connectivity index (χ1) is 12.9. The molecule has 2 aromatic carbocycles. The Morgan fingerprint density at radius 2 is 1.04 bits per heavy atom. The van der Waals surface area contributed by atoms with Crippen LogP contribution in [-0.2, 0) is 62.3 Å². The summed E-state index contributed by atoms with van der Waals surface area (Å²) in [5, 5.41) is 0. The third-order valence-corrected chi connectivity index (χ3v) is 1.71. The number of rotatable bonds is 5. The molecule has 0 unspecified atom stereocenters. The monoisotopic (exact) mass is 462 g/mol. The van der Waals surface area contributed by atoms with E-state index in [2.05, 4.69) is 50.9 Å². The average Bonchev–Trinajstić information content (AvgIpc) is 3.50. The van der Waals surface area contributed by atoms with Crippen LogP contribution >= 0.6 is 0 Å². The maximum absolute atomic E-state index is 9.54. The van der Waals surface area contributed by atoms with Crippen LogP contribution in [0.5, 0.6) is 0 Å². The van der Waals surface area contributed by atoms with Crippen molar-refractivity contribution in [2.75, 3.05) is 0 Å². The summed E-state index contributed by atoms with van der Waals surface area (Å²) in [6, 6.07) is 22.0. The number of hydrogen-bond donors (Lipinski definition) is 0. The average molecular weight is 462 g/mol. The van der Waals surface area contributed by atoms with Crippen molar-refractivity contribution in [1.29, 1.82) is 0 Å². The maximum atomic E-state index is 9.54. The summed E-state index contributed by atoms with van der Waals surface area (Å²) >= 11 is 0. The van der Waals surface area contributed by atoms with E-state index in [1.165, 1.54) is 0 Å². The minimum Gasteiger partial charge on any atom is -0.999 e. The molecule has 28 heavy (non-hydrogen) atoms. The van der Waals surface area contributed by atoms with E-state index in [9.17, 15) is 9.59 Å². The normalized spacial score (nSPS) is 5.57. The van der Waals surface area contributed by atoms with Gasteiger partial charge in [-0.2, -0.15) is 31.0 Å². The molecule has 0 saturated heterocycles. The van der Waals surface area contributed by atoms with Crippen molar-refractivity contribution in [2.24, 2.45) is 0 Å². The molecular formula is C20H14Fe2O6-8. The van der Waals surface area contributed by atoms with Crippen molar-refractivity contribution in [2.45, 2.75) is 25.7 Å². The summed E-state index contributed by atoms with van der Waals surface area (Å²) in [5.41, 5.74) is 0. The Bertz CT molecular complexity index is 405. The molecule has 0 fully saturated rings. The van der Waals surface area contributed by atoms with Crippen LogP contribution in [0.4, 0.5) is 0 Å². The second-order valence-electron chi connectivity index (χ2n) is 3.14. The van der Waals surface area contributed by atoms with Crippen LogP contribution in [0.1, 0.15) is 25.7 Å². The number of unbranched alkanes of at least 4 members (excludes halogenated alkanes) is 3. The predicted octanol–water partition coefficient (Wildman–Crippen LogP) is 2.62. The summed E-state index contributed by atoms with van der Waals surface area (Å²) in [7, 11) is 0. The van der Waals surface area contributed by atoms with E-state index in [4.69, 9.17) is 18.6 Å². The molecule has 154 valence electrons. The molecule has 0 bridgehead atoms. The Kier molecular flexibility index (Phi) is 118. The van der Waals surface area contributed by atoms with Crippen molar-refractivity contribution in [3.63, 3.8) is 0 Å². The van der Waals surface area contributed by atoms with Gasteiger partial charge in [0.25, 0.3) is 0 Å². The predicted molar refractivity (Wildman–Crippen MR) is 85.0 cm³/mol. The summed E-state index contributed by atoms with van der Waals surface area (Å²) < 4.78 is 30.0. The van der Waals surface area contributed by atoms with Crippen LogP contribution in [0.25, 0.3) is 0 Å². The Morgan fingerprint density at radius 3 is 1.18 bits per heavy atom. The second-order valence-corrected chi connectivity index (χ2v) is 3.14. The Hall–Kier alpha value is -1.96. The first-order valence-electron chi connectivity index (χ1n) is 6.43. The quantitative estimate of drug-likeness (QED) is 0.295. The van der Waals surface area contributed by atoms with Gasteiger partial charge in [0.2, 0.25) is 0 Å². The fourth-order valence-electron chi connectivity index (χ4n) is 0.896. The number of hydrogen-bond acceptors (Lipinski definition) is 2. The van der Waals surface area contributed by atoms with E-state index in [0.29, 0.717) is 12.8 Å². The van der Waals surface area contributed by atoms with E-state index in [1.807, 2.05) is 30.3 Å². The Labute approximate surface area is 187 Å². The van der Waals surface area contributed by atoms with Crippen LogP contribution in [0, 0.1) is 50.9 Å². The van der Waals surface area contributed by atoms with Crippen molar-refractivity contribution in [3.05, 3.63) is 87.3 Å². The number of carbonyl (C=O) groups excluding carboxylic acids is 2. The SMILES string of the molecule is O=[C-]CCCC[C-]=O.[C-]#[O+].[C-]#[O+].[C-]#[O+].[C-]#[O+].[Fe].[Fe].[c-]1[c-][c-][cH-][c-]1.c1cc[cH-]c1. The van der Waals surface area contributed by atoms with Gasteiger partial charge in [-0.25, -0.2) is 12.1 Å². The molecule has 0 heterocycles. The van der Waals surface area contributed by atoms with Gasteiger partial charge in [0.05, 0.1) is 0 Å². The summed E-state index contributed by atoms with van der Waals surface area (Å²) in [5.74, 6) is 0. The molecule has 0 spiro atoms. The molecule has 0 amide bonds. The van der Waals surface area contributed by atoms with Gasteiger partial charge in [-0.1, -0.05) is 12.8 Å². The van der Waals surface area contributed by atoms with Crippen molar-refractivity contribution < 1.29 is 62.3 Å². The molecule has 0 atom stereocenters. The molecule has 0 N–H and O–H groups in total. The molecular weight excluding hydrogens is 448 g/mol. The van der Waals surface area contributed by atoms with Gasteiger partial charge in [0.1, 0.15) is 0 Å². The molecule has 8 heteroatoms. The zero-order chi connectivity index (χ0) is 21.3. The third-order valence-electron chi connectivity index (χ3n) is 1.71. The van der Waals surface area contributed by atoms with Gasteiger partial charge in [0.15, 0.2) is 0 Å². The van der Waals surface area contributed by atoms with Crippen LogP contribution in [0.15, 0.2) is 36.4 Å². The molecule has 0 aromatic heterocycles. The maximum Gasteiger partial charge on any atom is 0 e. The van der Waals surface area contributed by atoms with Crippen LogP contribution in [-0.4, -0.2) is 12.6 Å². The van der Waals surface area contributed by atoms with Crippen LogP contribution in [0.3, 0.4) is 0 Å². The Balaban J connectivity index is -0.0000000394. The summed E-state index contributed by atoms with van der Waals surface area (Å²) in [6.45, 7) is 18.0. The standard InChI is InChI=1S/C6H8O2.C5H5.C5H.4CO.2Fe/c7-5-3-1-2-4-6-8;2*1-2-4-5-3-1;4*1-2;;/h1-4H2;1-5H;1H;;;;;;/q-2;-1;-5;;;;;;. The fraction of sp³-hybridized carbons (Fsp3) is 0.200. The zero-order valence-corrected chi connectivity index (χ0v) is 16.7.